The van der Waals surface area contributed by atoms with Gasteiger partial charge in [-0.15, -0.1) is 0 Å². The van der Waals surface area contributed by atoms with Crippen molar-refractivity contribution in [2.75, 3.05) is 11.9 Å². The Balaban J connectivity index is 2.54. The van der Waals surface area contributed by atoms with Gasteiger partial charge in [0.15, 0.2) is 0 Å². The number of carbonyl (C=O) groups excluding carboxylic acids is 1. The summed E-state index contributed by atoms with van der Waals surface area (Å²) in [5.74, 6) is 0.487. The van der Waals surface area contributed by atoms with Crippen LogP contribution in [0, 0.1) is 6.92 Å². The van der Waals surface area contributed by atoms with E-state index in [0.717, 1.165) is 10.2 Å². The van der Waals surface area contributed by atoms with Gasteiger partial charge in [0.25, 0.3) is 0 Å². The van der Waals surface area contributed by atoms with E-state index in [1.807, 2.05) is 33.8 Å². The molecule has 0 fully saturated rings. The van der Waals surface area contributed by atoms with Gasteiger partial charge in [0.1, 0.15) is 5.82 Å². The Labute approximate surface area is 110 Å². The number of halogens is 1. The number of hydrogen-bond acceptors (Lipinski definition) is 3. The van der Waals surface area contributed by atoms with Gasteiger partial charge in [0.05, 0.1) is 12.2 Å². The molecule has 0 aliphatic heterocycles. The zero-order valence-corrected chi connectivity index (χ0v) is 12.2. The van der Waals surface area contributed by atoms with Gasteiger partial charge in [-0.2, -0.15) is 0 Å². The second-order valence-electron chi connectivity index (χ2n) is 4.92. The standard InChI is InChI=1S/C12H18BrN3O/c1-8-9(13)5-6-10(15-8)16-11(17)7-14-12(2,3)4/h5-6,14H,7H2,1-4H3,(H,15,16,17). The Hall–Kier alpha value is -0.940. The second-order valence-corrected chi connectivity index (χ2v) is 5.77. The molecule has 5 heteroatoms. The first kappa shape index (κ1) is 14.1. The van der Waals surface area contributed by atoms with Crippen molar-refractivity contribution in [3.63, 3.8) is 0 Å². The molecule has 1 rings (SSSR count). The van der Waals surface area contributed by atoms with Crippen LogP contribution in [0.5, 0.6) is 0 Å². The maximum Gasteiger partial charge on any atom is 0.239 e. The van der Waals surface area contributed by atoms with Crippen molar-refractivity contribution < 1.29 is 4.79 Å². The maximum absolute atomic E-state index is 11.6. The molecule has 94 valence electrons. The van der Waals surface area contributed by atoms with Crippen molar-refractivity contribution in [2.24, 2.45) is 0 Å². The summed E-state index contributed by atoms with van der Waals surface area (Å²) in [5, 5.41) is 5.87. The van der Waals surface area contributed by atoms with Crippen LogP contribution < -0.4 is 10.6 Å². The van der Waals surface area contributed by atoms with Crippen molar-refractivity contribution in [3.8, 4) is 0 Å². The van der Waals surface area contributed by atoms with Crippen LogP contribution in [0.1, 0.15) is 26.5 Å². The lowest BCUT2D eigenvalue weighted by molar-refractivity contribution is -0.115. The molecule has 0 atom stereocenters. The first-order valence-corrected chi connectivity index (χ1v) is 6.25. The number of hydrogen-bond donors (Lipinski definition) is 2. The van der Waals surface area contributed by atoms with Crippen molar-refractivity contribution in [2.45, 2.75) is 33.2 Å². The lowest BCUT2D eigenvalue weighted by atomic mass is 10.1. The minimum atomic E-state index is -0.0888. The quantitative estimate of drug-likeness (QED) is 0.901. The normalized spacial score (nSPS) is 11.4. The van der Waals surface area contributed by atoms with Gasteiger partial charge in [-0.05, 0) is 55.8 Å². The van der Waals surface area contributed by atoms with E-state index in [0.29, 0.717) is 5.82 Å². The summed E-state index contributed by atoms with van der Waals surface area (Å²) in [7, 11) is 0. The van der Waals surface area contributed by atoms with Crippen LogP contribution in [0.25, 0.3) is 0 Å². The molecule has 1 amide bonds. The SMILES string of the molecule is Cc1nc(NC(=O)CNC(C)(C)C)ccc1Br. The molecule has 0 bridgehead atoms. The van der Waals surface area contributed by atoms with Crippen LogP contribution in [0.4, 0.5) is 5.82 Å². The van der Waals surface area contributed by atoms with E-state index in [2.05, 4.69) is 31.5 Å². The van der Waals surface area contributed by atoms with Crippen molar-refractivity contribution in [3.05, 3.63) is 22.3 Å². The lowest BCUT2D eigenvalue weighted by Gasteiger charge is -2.19. The van der Waals surface area contributed by atoms with Crippen LogP contribution in [-0.2, 0) is 4.79 Å². The number of aryl methyl sites for hydroxylation is 1. The number of carbonyl (C=O) groups is 1. The fourth-order valence-corrected chi connectivity index (χ4v) is 1.37. The number of pyridine rings is 1. The fourth-order valence-electron chi connectivity index (χ4n) is 1.15. The first-order chi connectivity index (χ1) is 7.78. The van der Waals surface area contributed by atoms with Gasteiger partial charge in [-0.25, -0.2) is 4.98 Å². The zero-order chi connectivity index (χ0) is 13.1. The predicted octanol–water partition coefficient (Wildman–Crippen LogP) is 2.48. The molecule has 0 unspecified atom stereocenters. The van der Waals surface area contributed by atoms with E-state index >= 15 is 0 Å². The average molecular weight is 300 g/mol. The molecule has 1 aromatic rings. The van der Waals surface area contributed by atoms with Gasteiger partial charge in [-0.1, -0.05) is 0 Å². The predicted molar refractivity (Wildman–Crippen MR) is 73.1 cm³/mol. The van der Waals surface area contributed by atoms with Gasteiger partial charge >= 0.3 is 0 Å². The van der Waals surface area contributed by atoms with Gasteiger partial charge in [-0.3, -0.25) is 4.79 Å². The monoisotopic (exact) mass is 299 g/mol. The topological polar surface area (TPSA) is 54.0 Å². The molecule has 0 saturated heterocycles. The van der Waals surface area contributed by atoms with Gasteiger partial charge in [0.2, 0.25) is 5.91 Å². The summed E-state index contributed by atoms with van der Waals surface area (Å²) in [5.41, 5.74) is 0.784. The van der Waals surface area contributed by atoms with Gasteiger partial charge in [0, 0.05) is 10.0 Å². The van der Waals surface area contributed by atoms with Crippen LogP contribution in [0.3, 0.4) is 0 Å². The number of amides is 1. The van der Waals surface area contributed by atoms with E-state index in [4.69, 9.17) is 0 Å². The summed E-state index contributed by atoms with van der Waals surface area (Å²) in [6, 6.07) is 3.64. The lowest BCUT2D eigenvalue weighted by Crippen LogP contribution is -2.41. The summed E-state index contributed by atoms with van der Waals surface area (Å²) < 4.78 is 0.934. The van der Waals surface area contributed by atoms with E-state index in [1.165, 1.54) is 0 Å². The summed E-state index contributed by atoms with van der Waals surface area (Å²) >= 11 is 3.36. The Morgan fingerprint density at radius 2 is 2.06 bits per heavy atom. The third-order valence-electron chi connectivity index (χ3n) is 2.07. The molecule has 0 aliphatic rings. The molecule has 0 aliphatic carbocycles. The van der Waals surface area contributed by atoms with Crippen LogP contribution in [0.2, 0.25) is 0 Å². The van der Waals surface area contributed by atoms with Crippen molar-refractivity contribution >= 4 is 27.7 Å². The summed E-state index contributed by atoms with van der Waals surface area (Å²) in [6.07, 6.45) is 0. The third kappa shape index (κ3) is 5.28. The smallest absolute Gasteiger partial charge is 0.239 e. The average Bonchev–Trinajstić information content (AvgIpc) is 2.20. The number of aromatic nitrogens is 1. The molecule has 4 nitrogen and oxygen atoms in total. The van der Waals surface area contributed by atoms with Crippen LogP contribution >= 0.6 is 15.9 Å². The number of rotatable bonds is 3. The Morgan fingerprint density at radius 1 is 1.41 bits per heavy atom. The summed E-state index contributed by atoms with van der Waals surface area (Å²) in [4.78, 5) is 15.9. The molecule has 17 heavy (non-hydrogen) atoms. The minimum absolute atomic E-state index is 0.0690. The largest absolute Gasteiger partial charge is 0.310 e. The molecule has 0 spiro atoms. The fraction of sp³-hybridized carbons (Fsp3) is 0.500. The second kappa shape index (κ2) is 5.60. The Morgan fingerprint density at radius 3 is 2.59 bits per heavy atom. The van der Waals surface area contributed by atoms with Crippen molar-refractivity contribution in [1.29, 1.82) is 0 Å². The molecular formula is C12H18BrN3O. The molecular weight excluding hydrogens is 282 g/mol. The molecule has 2 N–H and O–H groups in total. The number of anilines is 1. The van der Waals surface area contributed by atoms with Crippen molar-refractivity contribution in [1.82, 2.24) is 10.3 Å². The highest BCUT2D eigenvalue weighted by Crippen LogP contribution is 2.15. The molecule has 0 aromatic carbocycles. The molecule has 1 aromatic heterocycles. The van der Waals surface area contributed by atoms with E-state index in [-0.39, 0.29) is 18.0 Å². The van der Waals surface area contributed by atoms with Gasteiger partial charge < -0.3 is 10.6 Å². The number of nitrogens with one attached hydrogen (secondary N) is 2. The van der Waals surface area contributed by atoms with Crippen LogP contribution in [-0.4, -0.2) is 23.0 Å². The Bertz CT molecular complexity index is 413. The van der Waals surface area contributed by atoms with E-state index in [1.54, 1.807) is 6.07 Å². The summed E-state index contributed by atoms with van der Waals surface area (Å²) in [6.45, 7) is 8.21. The number of nitrogens with zero attached hydrogens (tertiary/aromatic N) is 1. The highest BCUT2D eigenvalue weighted by Gasteiger charge is 2.11. The van der Waals surface area contributed by atoms with E-state index in [9.17, 15) is 4.79 Å². The maximum atomic E-state index is 11.6. The molecule has 0 radical (unpaired) electrons. The zero-order valence-electron chi connectivity index (χ0n) is 10.6. The highest BCUT2D eigenvalue weighted by atomic mass is 79.9. The van der Waals surface area contributed by atoms with E-state index < -0.39 is 0 Å². The minimum Gasteiger partial charge on any atom is -0.310 e. The highest BCUT2D eigenvalue weighted by molar-refractivity contribution is 9.10. The first-order valence-electron chi connectivity index (χ1n) is 5.46. The third-order valence-corrected chi connectivity index (χ3v) is 2.91. The Kier molecular flexibility index (Phi) is 4.65. The molecule has 0 saturated carbocycles. The molecule has 1 heterocycles. The van der Waals surface area contributed by atoms with Crippen LogP contribution in [0.15, 0.2) is 16.6 Å².